The molecule has 0 aromatic carbocycles. The van der Waals surface area contributed by atoms with Gasteiger partial charge in [0.05, 0.1) is 23.7 Å². The maximum atomic E-state index is 13.1. The highest BCUT2D eigenvalue weighted by molar-refractivity contribution is 5.95. The molecule has 1 unspecified atom stereocenters. The lowest BCUT2D eigenvalue weighted by Gasteiger charge is -2.32. The monoisotopic (exact) mass is 395 g/mol. The second kappa shape index (κ2) is 7.82. The fourth-order valence-corrected chi connectivity index (χ4v) is 3.65. The first-order chi connectivity index (χ1) is 14.0. The summed E-state index contributed by atoms with van der Waals surface area (Å²) < 4.78 is 3.20. The Bertz CT molecular complexity index is 1030. The highest BCUT2D eigenvalue weighted by atomic mass is 16.4. The molecule has 3 aromatic rings. The molecule has 1 fully saturated rings. The van der Waals surface area contributed by atoms with Crippen LogP contribution in [0, 0.1) is 12.8 Å². The van der Waals surface area contributed by atoms with Crippen LogP contribution in [0.2, 0.25) is 0 Å². The predicted molar refractivity (Wildman–Crippen MR) is 102 cm³/mol. The van der Waals surface area contributed by atoms with Gasteiger partial charge in [-0.3, -0.25) is 9.48 Å². The highest BCUT2D eigenvalue weighted by Gasteiger charge is 2.27. The van der Waals surface area contributed by atoms with E-state index in [1.54, 1.807) is 17.1 Å². The van der Waals surface area contributed by atoms with Crippen molar-refractivity contribution in [2.45, 2.75) is 26.3 Å². The van der Waals surface area contributed by atoms with Gasteiger partial charge in [0.1, 0.15) is 0 Å². The van der Waals surface area contributed by atoms with Gasteiger partial charge in [-0.2, -0.15) is 5.10 Å². The molecule has 0 bridgehead atoms. The molecule has 1 N–H and O–H groups in total. The molecule has 10 nitrogen and oxygen atoms in total. The summed E-state index contributed by atoms with van der Waals surface area (Å²) >= 11 is 0. The molecule has 0 aliphatic carbocycles. The molecule has 1 aliphatic heterocycles. The fourth-order valence-electron chi connectivity index (χ4n) is 3.65. The van der Waals surface area contributed by atoms with E-state index in [0.717, 1.165) is 18.5 Å². The zero-order valence-electron chi connectivity index (χ0n) is 16.0. The maximum Gasteiger partial charge on any atom is 0.358 e. The Hall–Kier alpha value is -3.56. The van der Waals surface area contributed by atoms with Crippen LogP contribution < -0.4 is 0 Å². The van der Waals surface area contributed by atoms with Crippen LogP contribution in [-0.4, -0.2) is 64.7 Å². The van der Waals surface area contributed by atoms with Crippen LogP contribution in [0.4, 0.5) is 0 Å². The number of nitrogens with zero attached hydrogens (tertiary/aromatic N) is 7. The third-order valence-electron chi connectivity index (χ3n) is 5.12. The molecule has 4 heterocycles. The summed E-state index contributed by atoms with van der Waals surface area (Å²) in [6.07, 6.45) is 6.52. The standard InChI is InChI=1S/C19H21N7O3/c1-13-15(9-21-26(13)17-6-2-3-7-20-17)18(27)24-8-4-5-14(10-24)11-25-12-16(19(28)29)22-23-25/h2-3,6-7,9,12,14H,4-5,8,10-11H2,1H3,(H,28,29). The summed E-state index contributed by atoms with van der Waals surface area (Å²) in [7, 11) is 0. The van der Waals surface area contributed by atoms with E-state index >= 15 is 0 Å². The van der Waals surface area contributed by atoms with Crippen LogP contribution in [-0.2, 0) is 6.54 Å². The summed E-state index contributed by atoms with van der Waals surface area (Å²) in [4.78, 5) is 30.2. The van der Waals surface area contributed by atoms with Crippen molar-refractivity contribution in [3.8, 4) is 5.82 Å². The molecule has 0 radical (unpaired) electrons. The van der Waals surface area contributed by atoms with Crippen LogP contribution in [0.25, 0.3) is 5.82 Å². The van der Waals surface area contributed by atoms with Crippen LogP contribution in [0.15, 0.2) is 36.8 Å². The van der Waals surface area contributed by atoms with Crippen molar-refractivity contribution in [3.05, 3.63) is 53.7 Å². The van der Waals surface area contributed by atoms with E-state index in [9.17, 15) is 9.59 Å². The normalized spacial score (nSPS) is 16.7. The van der Waals surface area contributed by atoms with Crippen molar-refractivity contribution in [3.63, 3.8) is 0 Å². The Morgan fingerprint density at radius 1 is 1.31 bits per heavy atom. The molecule has 4 rings (SSSR count). The van der Waals surface area contributed by atoms with E-state index in [1.165, 1.54) is 10.9 Å². The van der Waals surface area contributed by atoms with Gasteiger partial charge in [0.15, 0.2) is 11.5 Å². The van der Waals surface area contributed by atoms with Crippen molar-refractivity contribution in [1.29, 1.82) is 0 Å². The number of hydrogen-bond acceptors (Lipinski definition) is 6. The number of rotatable bonds is 5. The molecule has 29 heavy (non-hydrogen) atoms. The number of carbonyl (C=O) groups excluding carboxylic acids is 1. The zero-order chi connectivity index (χ0) is 20.4. The summed E-state index contributed by atoms with van der Waals surface area (Å²) in [6, 6.07) is 5.55. The second-order valence-electron chi connectivity index (χ2n) is 7.13. The number of hydrogen-bond donors (Lipinski definition) is 1. The second-order valence-corrected chi connectivity index (χ2v) is 7.13. The molecule has 3 aromatic heterocycles. The van der Waals surface area contributed by atoms with Gasteiger partial charge >= 0.3 is 5.97 Å². The van der Waals surface area contributed by atoms with Crippen LogP contribution in [0.1, 0.15) is 39.4 Å². The minimum atomic E-state index is -1.10. The van der Waals surface area contributed by atoms with E-state index < -0.39 is 5.97 Å². The average Bonchev–Trinajstić information content (AvgIpc) is 3.35. The molecular weight excluding hydrogens is 374 g/mol. The lowest BCUT2D eigenvalue weighted by molar-refractivity contribution is 0.0657. The molecule has 0 saturated carbocycles. The fraction of sp³-hybridized carbons (Fsp3) is 0.368. The van der Waals surface area contributed by atoms with E-state index in [1.807, 2.05) is 30.0 Å². The summed E-state index contributed by atoms with van der Waals surface area (Å²) in [5, 5.41) is 20.8. The van der Waals surface area contributed by atoms with E-state index in [4.69, 9.17) is 5.11 Å². The first-order valence-electron chi connectivity index (χ1n) is 9.41. The third kappa shape index (κ3) is 3.86. The van der Waals surface area contributed by atoms with Crippen molar-refractivity contribution in [2.24, 2.45) is 5.92 Å². The van der Waals surface area contributed by atoms with Gasteiger partial charge in [-0.05, 0) is 37.8 Å². The van der Waals surface area contributed by atoms with Crippen molar-refractivity contribution >= 4 is 11.9 Å². The minimum Gasteiger partial charge on any atom is -0.476 e. The lowest BCUT2D eigenvalue weighted by Crippen LogP contribution is -2.41. The molecule has 1 aliphatic rings. The SMILES string of the molecule is Cc1c(C(=O)N2CCCC(Cn3cc(C(=O)O)nn3)C2)cnn1-c1ccccn1. The lowest BCUT2D eigenvalue weighted by atomic mass is 9.97. The smallest absolute Gasteiger partial charge is 0.358 e. The number of amides is 1. The maximum absolute atomic E-state index is 13.1. The molecule has 1 amide bonds. The van der Waals surface area contributed by atoms with Gasteiger partial charge in [0.25, 0.3) is 5.91 Å². The van der Waals surface area contributed by atoms with Gasteiger partial charge in [-0.1, -0.05) is 11.3 Å². The predicted octanol–water partition coefficient (Wildman–Crippen LogP) is 1.42. The molecule has 0 spiro atoms. The quantitative estimate of drug-likeness (QED) is 0.694. The molecular formula is C19H21N7O3. The van der Waals surface area contributed by atoms with Gasteiger partial charge in [-0.25, -0.2) is 14.5 Å². The first kappa shape index (κ1) is 18.8. The van der Waals surface area contributed by atoms with Crippen LogP contribution >= 0.6 is 0 Å². The van der Waals surface area contributed by atoms with E-state index in [-0.39, 0.29) is 17.5 Å². The van der Waals surface area contributed by atoms with E-state index in [0.29, 0.717) is 31.0 Å². The molecule has 150 valence electrons. The van der Waals surface area contributed by atoms with Gasteiger partial charge in [-0.15, -0.1) is 5.10 Å². The average molecular weight is 395 g/mol. The molecule has 1 saturated heterocycles. The number of aromatic carboxylic acids is 1. The molecule has 1 atom stereocenters. The first-order valence-corrected chi connectivity index (χ1v) is 9.41. The number of likely N-dealkylation sites (tertiary alicyclic amines) is 1. The topological polar surface area (TPSA) is 119 Å². The Kier molecular flexibility index (Phi) is 5.07. The Morgan fingerprint density at radius 2 is 2.17 bits per heavy atom. The Labute approximate surface area is 166 Å². The number of carbonyl (C=O) groups is 2. The van der Waals surface area contributed by atoms with Gasteiger partial charge < -0.3 is 10.0 Å². The number of pyridine rings is 1. The third-order valence-corrected chi connectivity index (χ3v) is 5.12. The van der Waals surface area contributed by atoms with Crippen molar-refractivity contribution < 1.29 is 14.7 Å². The summed E-state index contributed by atoms with van der Waals surface area (Å²) in [5.74, 6) is -0.306. The number of carboxylic acids is 1. The van der Waals surface area contributed by atoms with Crippen molar-refractivity contribution in [1.82, 2.24) is 34.7 Å². The zero-order valence-corrected chi connectivity index (χ0v) is 16.0. The minimum absolute atomic E-state index is 0.0563. The van der Waals surface area contributed by atoms with Crippen LogP contribution in [0.3, 0.4) is 0 Å². The van der Waals surface area contributed by atoms with Gasteiger partial charge in [0.2, 0.25) is 0 Å². The van der Waals surface area contributed by atoms with Crippen molar-refractivity contribution in [2.75, 3.05) is 13.1 Å². The Morgan fingerprint density at radius 3 is 2.90 bits per heavy atom. The number of carboxylic acid groups (broad SMARTS) is 1. The molecule has 10 heteroatoms. The van der Waals surface area contributed by atoms with E-state index in [2.05, 4.69) is 20.4 Å². The van der Waals surface area contributed by atoms with Gasteiger partial charge in [0, 0.05) is 25.8 Å². The summed E-state index contributed by atoms with van der Waals surface area (Å²) in [6.45, 7) is 3.64. The largest absolute Gasteiger partial charge is 0.476 e. The summed E-state index contributed by atoms with van der Waals surface area (Å²) in [5.41, 5.74) is 1.23. The number of piperidine rings is 1. The number of aromatic nitrogens is 6. The highest BCUT2D eigenvalue weighted by Crippen LogP contribution is 2.22. The Balaban J connectivity index is 1.46. The van der Waals surface area contributed by atoms with Crippen LogP contribution in [0.5, 0.6) is 0 Å².